The summed E-state index contributed by atoms with van der Waals surface area (Å²) < 4.78 is 5.70. The molecule has 0 unspecified atom stereocenters. The molecule has 2 aromatic carbocycles. The van der Waals surface area contributed by atoms with Gasteiger partial charge in [0.2, 0.25) is 0 Å². The number of nitro benzene ring substituents is 1. The van der Waals surface area contributed by atoms with E-state index in [1.165, 1.54) is 12.1 Å². The SMILES string of the molecule is Cc1c(C(=O)Nc2ccccc2OCC(C)C)cccc1[N+](=O)[O-]. The van der Waals surface area contributed by atoms with E-state index in [1.54, 1.807) is 31.2 Å². The van der Waals surface area contributed by atoms with Crippen molar-refractivity contribution in [2.45, 2.75) is 20.8 Å². The quantitative estimate of drug-likeness (QED) is 0.637. The first-order chi connectivity index (χ1) is 11.4. The predicted molar refractivity (Wildman–Crippen MR) is 92.6 cm³/mol. The molecular formula is C18H20N2O4. The molecule has 1 amide bonds. The van der Waals surface area contributed by atoms with E-state index in [-0.39, 0.29) is 11.3 Å². The molecule has 6 heteroatoms. The van der Waals surface area contributed by atoms with Crippen LogP contribution in [0.1, 0.15) is 29.8 Å². The minimum atomic E-state index is -0.494. The Bertz CT molecular complexity index is 756. The van der Waals surface area contributed by atoms with Crippen LogP contribution in [-0.4, -0.2) is 17.4 Å². The molecular weight excluding hydrogens is 308 g/mol. The lowest BCUT2D eigenvalue weighted by Gasteiger charge is -2.14. The third kappa shape index (κ3) is 4.10. The number of anilines is 1. The van der Waals surface area contributed by atoms with Crippen LogP contribution < -0.4 is 10.1 Å². The summed E-state index contributed by atoms with van der Waals surface area (Å²) in [5, 5.41) is 13.8. The van der Waals surface area contributed by atoms with Crippen LogP contribution in [0.2, 0.25) is 0 Å². The highest BCUT2D eigenvalue weighted by atomic mass is 16.6. The van der Waals surface area contributed by atoms with Gasteiger partial charge in [-0.15, -0.1) is 0 Å². The van der Waals surface area contributed by atoms with Crippen LogP contribution in [0.5, 0.6) is 5.75 Å². The van der Waals surface area contributed by atoms with Gasteiger partial charge in [0.15, 0.2) is 0 Å². The number of nitro groups is 1. The molecule has 0 radical (unpaired) electrons. The zero-order valence-corrected chi connectivity index (χ0v) is 13.9. The Labute approximate surface area is 140 Å². The maximum Gasteiger partial charge on any atom is 0.273 e. The molecule has 0 fully saturated rings. The fourth-order valence-electron chi connectivity index (χ4n) is 2.21. The van der Waals surface area contributed by atoms with Gasteiger partial charge in [0.25, 0.3) is 11.6 Å². The highest BCUT2D eigenvalue weighted by molar-refractivity contribution is 6.06. The monoisotopic (exact) mass is 328 g/mol. The lowest BCUT2D eigenvalue weighted by molar-refractivity contribution is -0.385. The molecule has 0 heterocycles. The van der Waals surface area contributed by atoms with Gasteiger partial charge in [-0.2, -0.15) is 0 Å². The number of rotatable bonds is 6. The van der Waals surface area contributed by atoms with E-state index >= 15 is 0 Å². The Morgan fingerprint density at radius 2 is 1.92 bits per heavy atom. The minimum Gasteiger partial charge on any atom is -0.491 e. The van der Waals surface area contributed by atoms with E-state index < -0.39 is 10.8 Å². The number of hydrogen-bond donors (Lipinski definition) is 1. The van der Waals surface area contributed by atoms with Gasteiger partial charge in [0.05, 0.1) is 17.2 Å². The Morgan fingerprint density at radius 3 is 2.58 bits per heavy atom. The van der Waals surface area contributed by atoms with Gasteiger partial charge in [-0.05, 0) is 31.0 Å². The Kier molecular flexibility index (Phi) is 5.52. The molecule has 0 saturated carbocycles. The first-order valence-electron chi connectivity index (χ1n) is 7.67. The maximum absolute atomic E-state index is 12.5. The Balaban J connectivity index is 2.25. The first-order valence-corrected chi connectivity index (χ1v) is 7.67. The molecule has 0 aliphatic carbocycles. The molecule has 0 saturated heterocycles. The average molecular weight is 328 g/mol. The second-order valence-electron chi connectivity index (χ2n) is 5.86. The van der Waals surface area contributed by atoms with Crippen molar-refractivity contribution in [1.82, 2.24) is 0 Å². The largest absolute Gasteiger partial charge is 0.491 e. The van der Waals surface area contributed by atoms with Crippen LogP contribution in [-0.2, 0) is 0 Å². The summed E-state index contributed by atoms with van der Waals surface area (Å²) in [6, 6.07) is 11.6. The van der Waals surface area contributed by atoms with Gasteiger partial charge in [-0.3, -0.25) is 14.9 Å². The van der Waals surface area contributed by atoms with Crippen molar-refractivity contribution in [3.8, 4) is 5.75 Å². The van der Waals surface area contributed by atoms with Gasteiger partial charge < -0.3 is 10.1 Å². The van der Waals surface area contributed by atoms with Crippen LogP contribution in [0.15, 0.2) is 42.5 Å². The second-order valence-corrected chi connectivity index (χ2v) is 5.86. The van der Waals surface area contributed by atoms with Crippen molar-refractivity contribution in [3.05, 3.63) is 63.7 Å². The molecule has 0 aliphatic heterocycles. The van der Waals surface area contributed by atoms with E-state index in [0.29, 0.717) is 29.5 Å². The summed E-state index contributed by atoms with van der Waals surface area (Å²) in [5.41, 5.74) is 1.06. The fourth-order valence-corrected chi connectivity index (χ4v) is 2.21. The van der Waals surface area contributed by atoms with Crippen LogP contribution in [0.3, 0.4) is 0 Å². The molecule has 6 nitrogen and oxygen atoms in total. The number of benzene rings is 2. The molecule has 0 atom stereocenters. The number of carbonyl (C=O) groups excluding carboxylic acids is 1. The van der Waals surface area contributed by atoms with Gasteiger partial charge >= 0.3 is 0 Å². The summed E-state index contributed by atoms with van der Waals surface area (Å²) in [6.45, 7) is 6.16. The summed E-state index contributed by atoms with van der Waals surface area (Å²) in [4.78, 5) is 23.0. The zero-order valence-electron chi connectivity index (χ0n) is 13.9. The number of nitrogens with one attached hydrogen (secondary N) is 1. The standard InChI is InChI=1S/C18H20N2O4/c1-12(2)11-24-17-10-5-4-8-15(17)19-18(21)14-7-6-9-16(13(14)3)20(22)23/h4-10,12H,11H2,1-3H3,(H,19,21). The number of para-hydroxylation sites is 2. The average Bonchev–Trinajstić information content (AvgIpc) is 2.53. The number of amides is 1. The first kappa shape index (κ1) is 17.5. The van der Waals surface area contributed by atoms with Gasteiger partial charge in [0.1, 0.15) is 5.75 Å². The highest BCUT2D eigenvalue weighted by Gasteiger charge is 2.18. The summed E-state index contributed by atoms with van der Waals surface area (Å²) >= 11 is 0. The van der Waals surface area contributed by atoms with Crippen molar-refractivity contribution in [3.63, 3.8) is 0 Å². The minimum absolute atomic E-state index is 0.0769. The number of ether oxygens (including phenoxy) is 1. The fraction of sp³-hybridized carbons (Fsp3) is 0.278. The number of nitrogens with zero attached hydrogens (tertiary/aromatic N) is 1. The van der Waals surface area contributed by atoms with Gasteiger partial charge in [-0.25, -0.2) is 0 Å². The Morgan fingerprint density at radius 1 is 1.21 bits per heavy atom. The molecule has 0 aromatic heterocycles. The highest BCUT2D eigenvalue weighted by Crippen LogP contribution is 2.27. The summed E-state index contributed by atoms with van der Waals surface area (Å²) in [5.74, 6) is 0.521. The molecule has 1 N–H and O–H groups in total. The van der Waals surface area contributed by atoms with Crippen LogP contribution in [0.25, 0.3) is 0 Å². The second kappa shape index (κ2) is 7.59. The lowest BCUT2D eigenvalue weighted by atomic mass is 10.1. The third-order valence-electron chi connectivity index (χ3n) is 3.45. The Hall–Kier alpha value is -2.89. The number of hydrogen-bond acceptors (Lipinski definition) is 4. The lowest BCUT2D eigenvalue weighted by Crippen LogP contribution is -2.15. The van der Waals surface area contributed by atoms with Crippen LogP contribution >= 0.6 is 0 Å². The molecule has 2 aromatic rings. The number of carbonyl (C=O) groups is 1. The van der Waals surface area contributed by atoms with E-state index in [0.717, 1.165) is 0 Å². The van der Waals surface area contributed by atoms with Gasteiger partial charge in [0, 0.05) is 17.2 Å². The van der Waals surface area contributed by atoms with E-state index in [2.05, 4.69) is 5.32 Å². The summed E-state index contributed by atoms with van der Waals surface area (Å²) in [7, 11) is 0. The normalized spacial score (nSPS) is 10.5. The van der Waals surface area contributed by atoms with Crippen molar-refractivity contribution in [2.75, 3.05) is 11.9 Å². The summed E-state index contributed by atoms with van der Waals surface area (Å²) in [6.07, 6.45) is 0. The zero-order chi connectivity index (χ0) is 17.7. The van der Waals surface area contributed by atoms with Crippen molar-refractivity contribution < 1.29 is 14.5 Å². The predicted octanol–water partition coefficient (Wildman–Crippen LogP) is 4.19. The molecule has 126 valence electrons. The van der Waals surface area contributed by atoms with Gasteiger partial charge in [-0.1, -0.05) is 32.0 Å². The molecule has 0 bridgehead atoms. The molecule has 0 aliphatic rings. The topological polar surface area (TPSA) is 81.5 Å². The van der Waals surface area contributed by atoms with Crippen molar-refractivity contribution >= 4 is 17.3 Å². The van der Waals surface area contributed by atoms with E-state index in [9.17, 15) is 14.9 Å². The van der Waals surface area contributed by atoms with Crippen molar-refractivity contribution in [2.24, 2.45) is 5.92 Å². The van der Waals surface area contributed by atoms with Crippen LogP contribution in [0.4, 0.5) is 11.4 Å². The third-order valence-corrected chi connectivity index (χ3v) is 3.45. The maximum atomic E-state index is 12.5. The molecule has 2 rings (SSSR count). The molecule has 0 spiro atoms. The van der Waals surface area contributed by atoms with E-state index in [4.69, 9.17) is 4.74 Å². The smallest absolute Gasteiger partial charge is 0.273 e. The van der Waals surface area contributed by atoms with Crippen molar-refractivity contribution in [1.29, 1.82) is 0 Å². The molecule has 24 heavy (non-hydrogen) atoms. The van der Waals surface area contributed by atoms with Crippen LogP contribution in [0, 0.1) is 23.0 Å². The van der Waals surface area contributed by atoms with E-state index in [1.807, 2.05) is 19.9 Å².